The number of nitrogens with zero attached hydrogens (tertiary/aromatic N) is 4. The summed E-state index contributed by atoms with van der Waals surface area (Å²) >= 11 is 6.06. The molecule has 2 aromatic carbocycles. The van der Waals surface area contributed by atoms with Crippen molar-refractivity contribution in [1.29, 1.82) is 0 Å². The van der Waals surface area contributed by atoms with Crippen LogP contribution in [0.3, 0.4) is 0 Å². The Morgan fingerprint density at radius 2 is 1.79 bits per heavy atom. The van der Waals surface area contributed by atoms with Gasteiger partial charge in [0.1, 0.15) is 6.54 Å². The molecule has 38 heavy (non-hydrogen) atoms. The normalized spacial score (nSPS) is 15.5. The number of aromatic nitrogens is 1. The molecule has 0 aliphatic carbocycles. The maximum absolute atomic E-state index is 13.6. The minimum Gasteiger partial charge on any atom is -0.383 e. The summed E-state index contributed by atoms with van der Waals surface area (Å²) in [6.45, 7) is -0.134. The lowest BCUT2D eigenvalue weighted by atomic mass is 10.0. The Bertz CT molecular complexity index is 1320. The smallest absolute Gasteiger partial charge is 0.383 e. The SMILES string of the molecule is COCCN(CC(=O)N1N=C(c2cccn2C)C[C@@H]1c1ccc(Cl)cc1)C(=O)c1ccc(C(F)(F)F)cc1. The van der Waals surface area contributed by atoms with Crippen LogP contribution in [0.5, 0.6) is 0 Å². The number of amides is 2. The summed E-state index contributed by atoms with van der Waals surface area (Å²) in [5, 5.41) is 6.55. The van der Waals surface area contributed by atoms with E-state index < -0.39 is 29.6 Å². The van der Waals surface area contributed by atoms with E-state index in [4.69, 9.17) is 16.3 Å². The van der Waals surface area contributed by atoms with E-state index in [0.29, 0.717) is 17.2 Å². The van der Waals surface area contributed by atoms with Crippen molar-refractivity contribution in [3.63, 3.8) is 0 Å². The Kier molecular flexibility index (Phi) is 8.23. The monoisotopic (exact) mass is 546 g/mol. The quantitative estimate of drug-likeness (QED) is 0.392. The fourth-order valence-corrected chi connectivity index (χ4v) is 4.40. The van der Waals surface area contributed by atoms with E-state index in [0.717, 1.165) is 35.5 Å². The minimum absolute atomic E-state index is 0.0329. The van der Waals surface area contributed by atoms with Gasteiger partial charge in [0.05, 0.1) is 29.6 Å². The van der Waals surface area contributed by atoms with Gasteiger partial charge < -0.3 is 14.2 Å². The predicted octanol–water partition coefficient (Wildman–Crippen LogP) is 5.16. The van der Waals surface area contributed by atoms with Crippen LogP contribution in [0, 0.1) is 0 Å². The van der Waals surface area contributed by atoms with Gasteiger partial charge in [0.2, 0.25) is 0 Å². The fourth-order valence-electron chi connectivity index (χ4n) is 4.27. The van der Waals surface area contributed by atoms with Crippen molar-refractivity contribution in [2.75, 3.05) is 26.8 Å². The molecule has 2 amide bonds. The third-order valence-corrected chi connectivity index (χ3v) is 6.55. The maximum Gasteiger partial charge on any atom is 0.416 e. The number of rotatable bonds is 8. The number of alkyl halides is 3. The highest BCUT2D eigenvalue weighted by molar-refractivity contribution is 6.30. The second kappa shape index (κ2) is 11.4. The van der Waals surface area contributed by atoms with Crippen LogP contribution in [-0.2, 0) is 22.8 Å². The van der Waals surface area contributed by atoms with Gasteiger partial charge in [-0.25, -0.2) is 5.01 Å². The summed E-state index contributed by atoms with van der Waals surface area (Å²) in [5.41, 5.74) is 1.57. The molecule has 0 radical (unpaired) electrons. The van der Waals surface area contributed by atoms with Crippen LogP contribution in [0.2, 0.25) is 5.02 Å². The fraction of sp³-hybridized carbons (Fsp3) is 0.296. The Hall–Kier alpha value is -3.63. The van der Waals surface area contributed by atoms with Gasteiger partial charge in [-0.05, 0) is 54.1 Å². The number of hydrazone groups is 1. The number of aryl methyl sites for hydroxylation is 1. The number of hydrogen-bond acceptors (Lipinski definition) is 4. The Morgan fingerprint density at radius 1 is 1.11 bits per heavy atom. The second-order valence-electron chi connectivity index (χ2n) is 8.86. The molecule has 0 bridgehead atoms. The highest BCUT2D eigenvalue weighted by Crippen LogP contribution is 2.34. The number of halogens is 4. The molecule has 0 unspecified atom stereocenters. The molecule has 1 atom stereocenters. The van der Waals surface area contributed by atoms with Crippen LogP contribution in [0.15, 0.2) is 72.0 Å². The number of carbonyl (C=O) groups excluding carboxylic acids is 2. The summed E-state index contributed by atoms with van der Waals surface area (Å²) in [7, 11) is 3.34. The average Bonchev–Trinajstić information content (AvgIpc) is 3.52. The summed E-state index contributed by atoms with van der Waals surface area (Å²) in [5.74, 6) is -1.02. The summed E-state index contributed by atoms with van der Waals surface area (Å²) in [6.07, 6.45) is -2.18. The standard InChI is InChI=1S/C27H26ClF3N4O3/c1-33-13-3-4-23(33)22-16-24(18-7-11-21(28)12-8-18)35(32-22)25(36)17-34(14-15-38-2)26(37)19-5-9-20(10-6-19)27(29,30)31/h3-13,24H,14-17H2,1-2H3/t24-/m1/s1. The van der Waals surface area contributed by atoms with Gasteiger partial charge in [0.25, 0.3) is 11.8 Å². The maximum atomic E-state index is 13.6. The number of carbonyl (C=O) groups is 2. The van der Waals surface area contributed by atoms with E-state index in [9.17, 15) is 22.8 Å². The van der Waals surface area contributed by atoms with Crippen molar-refractivity contribution in [2.24, 2.45) is 12.1 Å². The van der Waals surface area contributed by atoms with Gasteiger partial charge in [0, 0.05) is 43.9 Å². The molecule has 1 aliphatic rings. The summed E-state index contributed by atoms with van der Waals surface area (Å²) in [6, 6.07) is 14.4. The molecule has 1 aromatic heterocycles. The summed E-state index contributed by atoms with van der Waals surface area (Å²) in [4.78, 5) is 28.1. The van der Waals surface area contributed by atoms with E-state index >= 15 is 0 Å². The molecule has 200 valence electrons. The van der Waals surface area contributed by atoms with Gasteiger partial charge in [-0.2, -0.15) is 18.3 Å². The van der Waals surface area contributed by atoms with E-state index in [2.05, 4.69) is 5.10 Å². The number of ether oxygens (including phenoxy) is 1. The molecule has 7 nitrogen and oxygen atoms in total. The summed E-state index contributed by atoms with van der Waals surface area (Å²) < 4.78 is 45.9. The minimum atomic E-state index is -4.52. The van der Waals surface area contributed by atoms with Crippen molar-refractivity contribution in [3.8, 4) is 0 Å². The molecular weight excluding hydrogens is 521 g/mol. The molecule has 0 saturated heterocycles. The molecule has 0 spiro atoms. The van der Waals surface area contributed by atoms with Gasteiger partial charge in [-0.3, -0.25) is 9.59 Å². The van der Waals surface area contributed by atoms with Crippen LogP contribution in [0.4, 0.5) is 13.2 Å². The second-order valence-corrected chi connectivity index (χ2v) is 9.29. The molecular formula is C27H26ClF3N4O3. The molecule has 3 aromatic rings. The first kappa shape index (κ1) is 27.4. The zero-order valence-corrected chi connectivity index (χ0v) is 21.5. The largest absolute Gasteiger partial charge is 0.416 e. The molecule has 0 fully saturated rings. The molecule has 1 aliphatic heterocycles. The lowest BCUT2D eigenvalue weighted by Gasteiger charge is -2.27. The van der Waals surface area contributed by atoms with Crippen LogP contribution in [0.1, 0.15) is 39.6 Å². The lowest BCUT2D eigenvalue weighted by Crippen LogP contribution is -2.42. The van der Waals surface area contributed by atoms with Crippen LogP contribution >= 0.6 is 11.6 Å². The van der Waals surface area contributed by atoms with Crippen molar-refractivity contribution in [1.82, 2.24) is 14.5 Å². The van der Waals surface area contributed by atoms with Gasteiger partial charge in [-0.1, -0.05) is 23.7 Å². The first-order valence-electron chi connectivity index (χ1n) is 11.8. The van der Waals surface area contributed by atoms with Crippen molar-refractivity contribution < 1.29 is 27.5 Å². The predicted molar refractivity (Wildman–Crippen MR) is 137 cm³/mol. The van der Waals surface area contributed by atoms with Crippen LogP contribution in [0.25, 0.3) is 0 Å². The third-order valence-electron chi connectivity index (χ3n) is 6.30. The molecule has 11 heteroatoms. The number of hydrogen-bond donors (Lipinski definition) is 0. The van der Waals surface area contributed by atoms with Crippen LogP contribution in [-0.4, -0.2) is 58.8 Å². The lowest BCUT2D eigenvalue weighted by molar-refractivity contribution is -0.137. The van der Waals surface area contributed by atoms with Crippen molar-refractivity contribution in [2.45, 2.75) is 18.6 Å². The topological polar surface area (TPSA) is 67.1 Å². The number of benzene rings is 2. The molecule has 0 saturated carbocycles. The Balaban J connectivity index is 1.60. The highest BCUT2D eigenvalue weighted by atomic mass is 35.5. The van der Waals surface area contributed by atoms with Crippen LogP contribution < -0.4 is 0 Å². The molecule has 0 N–H and O–H groups in total. The molecule has 2 heterocycles. The van der Waals surface area contributed by atoms with E-state index in [1.54, 1.807) is 12.1 Å². The Labute approximate surface area is 223 Å². The van der Waals surface area contributed by atoms with E-state index in [-0.39, 0.29) is 25.3 Å². The van der Waals surface area contributed by atoms with Gasteiger partial charge in [0.15, 0.2) is 0 Å². The van der Waals surface area contributed by atoms with Gasteiger partial charge >= 0.3 is 6.18 Å². The average molecular weight is 547 g/mol. The first-order chi connectivity index (χ1) is 18.1. The van der Waals surface area contributed by atoms with Crippen molar-refractivity contribution >= 4 is 29.1 Å². The Morgan fingerprint density at radius 3 is 2.37 bits per heavy atom. The van der Waals surface area contributed by atoms with Gasteiger partial charge in [-0.15, -0.1) is 0 Å². The van der Waals surface area contributed by atoms with E-state index in [1.165, 1.54) is 17.0 Å². The van der Waals surface area contributed by atoms with E-state index in [1.807, 2.05) is 42.1 Å². The first-order valence-corrected chi connectivity index (χ1v) is 12.2. The highest BCUT2D eigenvalue weighted by Gasteiger charge is 2.35. The number of methoxy groups -OCH3 is 1. The zero-order valence-electron chi connectivity index (χ0n) is 20.8. The third kappa shape index (κ3) is 6.08. The zero-order chi connectivity index (χ0) is 27.4. The molecule has 4 rings (SSSR count). The van der Waals surface area contributed by atoms with Crippen molar-refractivity contribution in [3.05, 3.63) is 94.3 Å².